The van der Waals surface area contributed by atoms with Crippen molar-refractivity contribution in [3.05, 3.63) is 40.6 Å². The summed E-state index contributed by atoms with van der Waals surface area (Å²) in [5, 5.41) is 6.24. The summed E-state index contributed by atoms with van der Waals surface area (Å²) < 4.78 is 12.9. The summed E-state index contributed by atoms with van der Waals surface area (Å²) in [6.07, 6.45) is 1.79. The second kappa shape index (κ2) is 5.14. The maximum atomic E-state index is 12.9. The molecule has 2 rings (SSSR count). The average Bonchev–Trinajstić information content (AvgIpc) is 2.81. The van der Waals surface area contributed by atoms with Crippen LogP contribution in [0.4, 0.5) is 15.8 Å². The van der Waals surface area contributed by atoms with Crippen LogP contribution in [0.1, 0.15) is 17.8 Å². The molecule has 0 saturated heterocycles. The Kier molecular flexibility index (Phi) is 3.58. The van der Waals surface area contributed by atoms with E-state index in [-0.39, 0.29) is 5.82 Å². The summed E-state index contributed by atoms with van der Waals surface area (Å²) in [5.74, 6) is -0.0134. The summed E-state index contributed by atoms with van der Waals surface area (Å²) >= 11 is 1.63. The van der Waals surface area contributed by atoms with E-state index in [9.17, 15) is 4.39 Å². The Morgan fingerprint density at radius 1 is 1.53 bits per heavy atom. The minimum absolute atomic E-state index is 0.305. The van der Waals surface area contributed by atoms with Crippen LogP contribution in [0, 0.1) is 5.82 Å². The molecule has 0 aliphatic rings. The molecule has 1 aromatic carbocycles. The fraction of sp³-hybridized carbons (Fsp3) is 0.250. The van der Waals surface area contributed by atoms with Gasteiger partial charge in [-0.05, 0) is 18.2 Å². The lowest BCUT2D eigenvalue weighted by Gasteiger charge is -2.12. The third-order valence-corrected chi connectivity index (χ3v) is 3.49. The number of aromatic nitrogens is 1. The first-order chi connectivity index (χ1) is 8.16. The molecule has 0 fully saturated rings. The van der Waals surface area contributed by atoms with Crippen molar-refractivity contribution >= 4 is 22.7 Å². The van der Waals surface area contributed by atoms with Gasteiger partial charge in [0.1, 0.15) is 5.82 Å². The van der Waals surface area contributed by atoms with Crippen molar-refractivity contribution in [2.45, 2.75) is 12.8 Å². The number of nitrogens with zero attached hydrogens (tertiary/aromatic N) is 1. The molecule has 0 saturated carbocycles. The van der Waals surface area contributed by atoms with E-state index in [1.165, 1.54) is 12.1 Å². The predicted octanol–water partition coefficient (Wildman–Crippen LogP) is 3.08. The van der Waals surface area contributed by atoms with Crippen molar-refractivity contribution in [3.8, 4) is 0 Å². The van der Waals surface area contributed by atoms with Gasteiger partial charge in [0.2, 0.25) is 0 Å². The highest BCUT2D eigenvalue weighted by molar-refractivity contribution is 7.09. The highest BCUT2D eigenvalue weighted by Gasteiger charge is 2.08. The Bertz CT molecular complexity index is 485. The molecule has 1 heterocycles. The molecule has 3 N–H and O–H groups in total. The molecule has 1 unspecified atom stereocenters. The summed E-state index contributed by atoms with van der Waals surface area (Å²) in [7, 11) is 0. The molecular formula is C12H14FN3S. The third-order valence-electron chi connectivity index (χ3n) is 2.49. The summed E-state index contributed by atoms with van der Waals surface area (Å²) in [6, 6.07) is 4.36. The van der Waals surface area contributed by atoms with Crippen LogP contribution in [0.25, 0.3) is 0 Å². The number of benzene rings is 1. The number of hydrogen-bond acceptors (Lipinski definition) is 4. The van der Waals surface area contributed by atoms with E-state index in [0.717, 1.165) is 17.2 Å². The van der Waals surface area contributed by atoms with E-state index in [4.69, 9.17) is 5.73 Å². The van der Waals surface area contributed by atoms with Crippen LogP contribution in [0.15, 0.2) is 29.8 Å². The molecule has 0 amide bonds. The second-order valence-corrected chi connectivity index (χ2v) is 4.81. The van der Waals surface area contributed by atoms with E-state index < -0.39 is 0 Å². The standard InChI is InChI=1S/C12H14FN3S/c1-8(12-15-4-5-17-12)7-16-11-3-2-9(13)6-10(11)14/h2-6,8,16H,7,14H2,1H3. The van der Waals surface area contributed by atoms with E-state index >= 15 is 0 Å². The maximum absolute atomic E-state index is 12.9. The smallest absolute Gasteiger partial charge is 0.125 e. The van der Waals surface area contributed by atoms with Gasteiger partial charge >= 0.3 is 0 Å². The quantitative estimate of drug-likeness (QED) is 0.821. The zero-order chi connectivity index (χ0) is 12.3. The SMILES string of the molecule is CC(CNc1ccc(F)cc1N)c1nccs1. The largest absolute Gasteiger partial charge is 0.397 e. The first-order valence-corrected chi connectivity index (χ1v) is 6.23. The van der Waals surface area contributed by atoms with Gasteiger partial charge in [-0.25, -0.2) is 9.37 Å². The Morgan fingerprint density at radius 3 is 3.00 bits per heavy atom. The predicted molar refractivity (Wildman–Crippen MR) is 69.8 cm³/mol. The molecule has 2 aromatic rings. The molecule has 1 atom stereocenters. The monoisotopic (exact) mass is 251 g/mol. The Labute approximate surface area is 103 Å². The first-order valence-electron chi connectivity index (χ1n) is 5.35. The number of thiazole rings is 1. The van der Waals surface area contributed by atoms with E-state index in [2.05, 4.69) is 17.2 Å². The number of hydrogen-bond donors (Lipinski definition) is 2. The molecular weight excluding hydrogens is 237 g/mol. The molecule has 0 radical (unpaired) electrons. The van der Waals surface area contributed by atoms with E-state index in [0.29, 0.717) is 11.6 Å². The van der Waals surface area contributed by atoms with Gasteiger partial charge in [0.15, 0.2) is 0 Å². The average molecular weight is 251 g/mol. The van der Waals surface area contributed by atoms with Gasteiger partial charge in [-0.3, -0.25) is 0 Å². The number of halogens is 1. The fourth-order valence-electron chi connectivity index (χ4n) is 1.52. The lowest BCUT2D eigenvalue weighted by atomic mass is 10.2. The van der Waals surface area contributed by atoms with Gasteiger partial charge < -0.3 is 11.1 Å². The van der Waals surface area contributed by atoms with Crippen molar-refractivity contribution in [2.75, 3.05) is 17.6 Å². The van der Waals surface area contributed by atoms with Crippen LogP contribution in [-0.4, -0.2) is 11.5 Å². The normalized spacial score (nSPS) is 12.4. The van der Waals surface area contributed by atoms with Gasteiger partial charge in [0.05, 0.1) is 16.4 Å². The molecule has 0 bridgehead atoms. The van der Waals surface area contributed by atoms with Crippen LogP contribution in [0.3, 0.4) is 0 Å². The van der Waals surface area contributed by atoms with Gasteiger partial charge in [-0.15, -0.1) is 11.3 Å². The van der Waals surface area contributed by atoms with Crippen LogP contribution in [0.5, 0.6) is 0 Å². The number of anilines is 2. The van der Waals surface area contributed by atoms with Crippen LogP contribution in [0.2, 0.25) is 0 Å². The van der Waals surface area contributed by atoms with Crippen molar-refractivity contribution in [1.82, 2.24) is 4.98 Å². The lowest BCUT2D eigenvalue weighted by molar-refractivity contribution is 0.628. The van der Waals surface area contributed by atoms with Crippen LogP contribution < -0.4 is 11.1 Å². The zero-order valence-electron chi connectivity index (χ0n) is 9.48. The van der Waals surface area contributed by atoms with Crippen molar-refractivity contribution in [2.24, 2.45) is 0 Å². The van der Waals surface area contributed by atoms with Gasteiger partial charge in [0, 0.05) is 24.0 Å². The van der Waals surface area contributed by atoms with Crippen molar-refractivity contribution in [3.63, 3.8) is 0 Å². The van der Waals surface area contributed by atoms with E-state index in [1.807, 2.05) is 5.38 Å². The molecule has 3 nitrogen and oxygen atoms in total. The van der Waals surface area contributed by atoms with Crippen molar-refractivity contribution in [1.29, 1.82) is 0 Å². The topological polar surface area (TPSA) is 50.9 Å². The zero-order valence-corrected chi connectivity index (χ0v) is 10.3. The highest BCUT2D eigenvalue weighted by atomic mass is 32.1. The molecule has 1 aromatic heterocycles. The van der Waals surface area contributed by atoms with Crippen LogP contribution in [-0.2, 0) is 0 Å². The second-order valence-electron chi connectivity index (χ2n) is 3.88. The number of nitrogens with two attached hydrogens (primary N) is 1. The van der Waals surface area contributed by atoms with Gasteiger partial charge in [-0.1, -0.05) is 6.92 Å². The van der Waals surface area contributed by atoms with Crippen LogP contribution >= 0.6 is 11.3 Å². The summed E-state index contributed by atoms with van der Waals surface area (Å²) in [5.41, 5.74) is 6.90. The number of nitrogens with one attached hydrogen (secondary N) is 1. The number of rotatable bonds is 4. The molecule has 90 valence electrons. The minimum Gasteiger partial charge on any atom is -0.397 e. The Balaban J connectivity index is 1.98. The lowest BCUT2D eigenvalue weighted by Crippen LogP contribution is -2.11. The maximum Gasteiger partial charge on any atom is 0.125 e. The fourth-order valence-corrected chi connectivity index (χ4v) is 2.22. The molecule has 0 spiro atoms. The first kappa shape index (κ1) is 11.9. The summed E-state index contributed by atoms with van der Waals surface area (Å²) in [6.45, 7) is 2.81. The highest BCUT2D eigenvalue weighted by Crippen LogP contribution is 2.22. The third kappa shape index (κ3) is 2.94. The molecule has 5 heteroatoms. The minimum atomic E-state index is -0.318. The Hall–Kier alpha value is -1.62. The molecule has 0 aliphatic carbocycles. The number of nitrogen functional groups attached to an aromatic ring is 1. The summed E-state index contributed by atoms with van der Waals surface area (Å²) in [4.78, 5) is 4.25. The molecule has 0 aliphatic heterocycles. The van der Waals surface area contributed by atoms with Gasteiger partial charge in [0.25, 0.3) is 0 Å². The van der Waals surface area contributed by atoms with Crippen molar-refractivity contribution < 1.29 is 4.39 Å². The Morgan fingerprint density at radius 2 is 2.35 bits per heavy atom. The van der Waals surface area contributed by atoms with Gasteiger partial charge in [-0.2, -0.15) is 0 Å². The molecule has 17 heavy (non-hydrogen) atoms. The van der Waals surface area contributed by atoms with E-state index in [1.54, 1.807) is 23.6 Å².